The number of aromatic nitrogens is 4. The first-order valence-electron chi connectivity index (χ1n) is 5.96. The van der Waals surface area contributed by atoms with Gasteiger partial charge < -0.3 is 10.2 Å². The van der Waals surface area contributed by atoms with Crippen molar-refractivity contribution in [1.29, 1.82) is 0 Å². The van der Waals surface area contributed by atoms with Crippen LogP contribution in [0.2, 0.25) is 0 Å². The number of nitrogens with zero attached hydrogens (tertiary/aromatic N) is 5. The van der Waals surface area contributed by atoms with Crippen LogP contribution < -0.4 is 10.2 Å². The van der Waals surface area contributed by atoms with Gasteiger partial charge in [0.1, 0.15) is 6.33 Å². The lowest BCUT2D eigenvalue weighted by Crippen LogP contribution is -2.37. The summed E-state index contributed by atoms with van der Waals surface area (Å²) in [4.78, 5) is 6.80. The van der Waals surface area contributed by atoms with Gasteiger partial charge in [-0.2, -0.15) is 0 Å². The van der Waals surface area contributed by atoms with E-state index in [0.29, 0.717) is 6.04 Å². The van der Waals surface area contributed by atoms with Crippen molar-refractivity contribution in [1.82, 2.24) is 24.9 Å². The Labute approximate surface area is 99.7 Å². The summed E-state index contributed by atoms with van der Waals surface area (Å²) in [7, 11) is 1.99. The fourth-order valence-corrected chi connectivity index (χ4v) is 2.51. The van der Waals surface area contributed by atoms with Gasteiger partial charge in [0.2, 0.25) is 5.65 Å². The minimum absolute atomic E-state index is 0.510. The summed E-state index contributed by atoms with van der Waals surface area (Å²) >= 11 is 0. The van der Waals surface area contributed by atoms with E-state index in [1.165, 1.54) is 12.8 Å². The Kier molecular flexibility index (Phi) is 2.64. The van der Waals surface area contributed by atoms with Gasteiger partial charge in [-0.05, 0) is 19.9 Å². The Bertz CT molecular complexity index is 507. The second-order valence-electron chi connectivity index (χ2n) is 4.36. The summed E-state index contributed by atoms with van der Waals surface area (Å²) in [5.74, 6) is 0.947. The van der Waals surface area contributed by atoms with E-state index < -0.39 is 0 Å². The van der Waals surface area contributed by atoms with Crippen LogP contribution in [0.1, 0.15) is 12.8 Å². The highest BCUT2D eigenvalue weighted by atomic mass is 15.3. The number of fused-ring (bicyclic) bond motifs is 1. The molecule has 0 aliphatic carbocycles. The quantitative estimate of drug-likeness (QED) is 0.825. The molecule has 0 radical (unpaired) electrons. The number of rotatable bonds is 3. The van der Waals surface area contributed by atoms with Crippen molar-refractivity contribution < 1.29 is 0 Å². The van der Waals surface area contributed by atoms with Gasteiger partial charge in [-0.3, -0.25) is 4.40 Å². The topological polar surface area (TPSA) is 58.4 Å². The van der Waals surface area contributed by atoms with Gasteiger partial charge in [-0.25, -0.2) is 4.98 Å². The zero-order valence-electron chi connectivity index (χ0n) is 9.87. The van der Waals surface area contributed by atoms with E-state index in [2.05, 4.69) is 25.4 Å². The molecule has 6 nitrogen and oxygen atoms in total. The third-order valence-electron chi connectivity index (χ3n) is 3.29. The van der Waals surface area contributed by atoms with Crippen LogP contribution in [0.4, 0.5) is 5.82 Å². The summed E-state index contributed by atoms with van der Waals surface area (Å²) < 4.78 is 1.91. The largest absolute Gasteiger partial charge is 0.349 e. The molecule has 1 fully saturated rings. The first-order chi connectivity index (χ1) is 8.40. The van der Waals surface area contributed by atoms with Crippen LogP contribution in [-0.4, -0.2) is 45.8 Å². The average molecular weight is 232 g/mol. The maximum atomic E-state index is 4.47. The Balaban J connectivity index is 1.99. The van der Waals surface area contributed by atoms with Gasteiger partial charge >= 0.3 is 0 Å². The van der Waals surface area contributed by atoms with Crippen molar-refractivity contribution in [3.8, 4) is 0 Å². The summed E-state index contributed by atoms with van der Waals surface area (Å²) in [6.45, 7) is 2.03. The van der Waals surface area contributed by atoms with E-state index in [0.717, 1.165) is 24.6 Å². The van der Waals surface area contributed by atoms with Crippen LogP contribution >= 0.6 is 0 Å². The fraction of sp³-hybridized carbons (Fsp3) is 0.545. The second-order valence-corrected chi connectivity index (χ2v) is 4.36. The summed E-state index contributed by atoms with van der Waals surface area (Å²) in [5, 5.41) is 11.3. The zero-order valence-corrected chi connectivity index (χ0v) is 9.87. The van der Waals surface area contributed by atoms with Crippen LogP contribution in [0.3, 0.4) is 0 Å². The van der Waals surface area contributed by atoms with E-state index in [1.54, 1.807) is 12.5 Å². The first-order valence-corrected chi connectivity index (χ1v) is 5.96. The van der Waals surface area contributed by atoms with E-state index in [4.69, 9.17) is 0 Å². The molecule has 1 aliphatic heterocycles. The van der Waals surface area contributed by atoms with Crippen LogP contribution in [0.5, 0.6) is 0 Å². The highest BCUT2D eigenvalue weighted by Gasteiger charge is 2.26. The van der Waals surface area contributed by atoms with Gasteiger partial charge in [0.05, 0.1) is 0 Å². The molecule has 0 amide bonds. The minimum Gasteiger partial charge on any atom is -0.349 e. The molecule has 1 atom stereocenters. The predicted molar refractivity (Wildman–Crippen MR) is 65.1 cm³/mol. The molecular formula is C11H16N6. The Hall–Kier alpha value is -1.69. The van der Waals surface area contributed by atoms with Gasteiger partial charge in [0, 0.05) is 31.5 Å². The maximum Gasteiger partial charge on any atom is 0.203 e. The minimum atomic E-state index is 0.510. The molecule has 1 N–H and O–H groups in total. The second kappa shape index (κ2) is 4.29. The molecule has 6 heteroatoms. The van der Waals surface area contributed by atoms with E-state index in [-0.39, 0.29) is 0 Å². The molecule has 0 aromatic carbocycles. The Morgan fingerprint density at radius 3 is 3.35 bits per heavy atom. The van der Waals surface area contributed by atoms with Gasteiger partial charge in [0.25, 0.3) is 0 Å². The predicted octanol–water partition coefficient (Wildman–Crippen LogP) is 0.312. The summed E-state index contributed by atoms with van der Waals surface area (Å²) in [5.41, 5.74) is 0.843. The highest BCUT2D eigenvalue weighted by Crippen LogP contribution is 2.25. The van der Waals surface area contributed by atoms with E-state index >= 15 is 0 Å². The number of nitrogens with one attached hydrogen (secondary N) is 1. The van der Waals surface area contributed by atoms with Crippen molar-refractivity contribution in [2.45, 2.75) is 18.9 Å². The van der Waals surface area contributed by atoms with Crippen molar-refractivity contribution in [3.05, 3.63) is 18.7 Å². The van der Waals surface area contributed by atoms with E-state index in [1.807, 2.05) is 17.6 Å². The van der Waals surface area contributed by atoms with Crippen LogP contribution in [0, 0.1) is 0 Å². The summed E-state index contributed by atoms with van der Waals surface area (Å²) in [6.07, 6.45) is 7.81. The standard InChI is InChI=1S/C11H16N6/c1-12-7-9-3-2-5-17(9)10-11-15-14-8-16(11)6-4-13-10/h4,6,8-9,12H,2-3,5,7H2,1H3. The molecule has 3 rings (SSSR count). The molecule has 2 aromatic rings. The normalized spacial score (nSPS) is 20.3. The molecule has 1 unspecified atom stereocenters. The van der Waals surface area contributed by atoms with Crippen molar-refractivity contribution in [3.63, 3.8) is 0 Å². The van der Waals surface area contributed by atoms with Crippen LogP contribution in [0.15, 0.2) is 18.7 Å². The van der Waals surface area contributed by atoms with Crippen molar-refractivity contribution >= 4 is 11.5 Å². The average Bonchev–Trinajstić information content (AvgIpc) is 2.96. The smallest absolute Gasteiger partial charge is 0.203 e. The van der Waals surface area contributed by atoms with Gasteiger partial charge in [-0.15, -0.1) is 10.2 Å². The molecule has 0 bridgehead atoms. The first kappa shape index (κ1) is 10.5. The van der Waals surface area contributed by atoms with Crippen molar-refractivity contribution in [2.75, 3.05) is 25.0 Å². The monoisotopic (exact) mass is 232 g/mol. The van der Waals surface area contributed by atoms with Gasteiger partial charge in [0.15, 0.2) is 5.82 Å². The summed E-state index contributed by atoms with van der Waals surface area (Å²) in [6, 6.07) is 0.510. The third-order valence-corrected chi connectivity index (χ3v) is 3.29. The fourth-order valence-electron chi connectivity index (χ4n) is 2.51. The molecule has 0 spiro atoms. The lowest BCUT2D eigenvalue weighted by Gasteiger charge is -2.25. The number of hydrogen-bond acceptors (Lipinski definition) is 5. The number of likely N-dealkylation sites (N-methyl/N-ethyl adjacent to an activating group) is 1. The maximum absolute atomic E-state index is 4.47. The molecule has 2 aromatic heterocycles. The van der Waals surface area contributed by atoms with Crippen LogP contribution in [-0.2, 0) is 0 Å². The molecular weight excluding hydrogens is 216 g/mol. The molecule has 3 heterocycles. The SMILES string of the molecule is CNCC1CCCN1c1nccn2cnnc12. The molecule has 90 valence electrons. The zero-order chi connectivity index (χ0) is 11.7. The van der Waals surface area contributed by atoms with Crippen LogP contribution in [0.25, 0.3) is 5.65 Å². The molecule has 1 aliphatic rings. The Morgan fingerprint density at radius 1 is 1.53 bits per heavy atom. The highest BCUT2D eigenvalue weighted by molar-refractivity contribution is 5.64. The third kappa shape index (κ3) is 1.74. The van der Waals surface area contributed by atoms with Crippen molar-refractivity contribution in [2.24, 2.45) is 0 Å². The van der Waals surface area contributed by atoms with E-state index in [9.17, 15) is 0 Å². The lowest BCUT2D eigenvalue weighted by molar-refractivity contribution is 0.612. The number of anilines is 1. The van der Waals surface area contributed by atoms with Gasteiger partial charge in [-0.1, -0.05) is 0 Å². The Morgan fingerprint density at radius 2 is 2.47 bits per heavy atom. The lowest BCUT2D eigenvalue weighted by atomic mass is 10.2. The molecule has 17 heavy (non-hydrogen) atoms. The number of hydrogen-bond donors (Lipinski definition) is 1. The molecule has 1 saturated heterocycles. The molecule has 0 saturated carbocycles.